The summed E-state index contributed by atoms with van der Waals surface area (Å²) in [6, 6.07) is 0.138. The normalized spacial score (nSPS) is 22.3. The largest absolute Gasteiger partial charge is 0.303 e. The highest BCUT2D eigenvalue weighted by Crippen LogP contribution is 2.12. The van der Waals surface area contributed by atoms with Gasteiger partial charge in [-0.05, 0) is 20.5 Å². The second-order valence-corrected chi connectivity index (χ2v) is 5.74. The van der Waals surface area contributed by atoms with E-state index in [4.69, 9.17) is 0 Å². The molecule has 1 rings (SSSR count). The number of rotatable bonds is 8. The fourth-order valence-electron chi connectivity index (χ4n) is 2.60. The Morgan fingerprint density at radius 2 is 1.72 bits per heavy atom. The molecular weight excluding hydrogens is 224 g/mol. The number of hydrogen-bond acceptors (Lipinski definition) is 3. The van der Waals surface area contributed by atoms with Crippen molar-refractivity contribution in [1.82, 2.24) is 9.80 Å². The number of Topliss-reactive ketones (excluding diaryl/α,β-unsaturated/α-hetero) is 1. The van der Waals surface area contributed by atoms with Gasteiger partial charge in [0.25, 0.3) is 0 Å². The molecule has 1 saturated heterocycles. The van der Waals surface area contributed by atoms with Crippen molar-refractivity contribution in [3.63, 3.8) is 0 Å². The Morgan fingerprint density at radius 1 is 1.06 bits per heavy atom. The van der Waals surface area contributed by atoms with E-state index in [1.165, 1.54) is 32.1 Å². The van der Waals surface area contributed by atoms with Gasteiger partial charge in [0.15, 0.2) is 5.78 Å². The first-order chi connectivity index (χ1) is 8.65. The van der Waals surface area contributed by atoms with Crippen molar-refractivity contribution >= 4 is 5.78 Å². The molecule has 0 amide bonds. The lowest BCUT2D eigenvalue weighted by molar-refractivity contribution is -0.125. The van der Waals surface area contributed by atoms with E-state index in [-0.39, 0.29) is 6.04 Å². The molecule has 1 aliphatic rings. The number of carbonyl (C=O) groups excluding carboxylic acids is 1. The van der Waals surface area contributed by atoms with Crippen LogP contribution in [0.2, 0.25) is 0 Å². The van der Waals surface area contributed by atoms with E-state index in [2.05, 4.69) is 30.8 Å². The molecule has 0 saturated carbocycles. The molecule has 0 aromatic heterocycles. The molecular formula is C15H30N2O. The molecule has 0 bridgehead atoms. The maximum atomic E-state index is 12.2. The van der Waals surface area contributed by atoms with Gasteiger partial charge in [0, 0.05) is 26.1 Å². The SMILES string of the molecule is CCCCCCCCC(=O)C1CN(C)CCN1C. The van der Waals surface area contributed by atoms with Gasteiger partial charge >= 0.3 is 0 Å². The first-order valence-corrected chi connectivity index (χ1v) is 7.56. The van der Waals surface area contributed by atoms with Crippen LogP contribution in [-0.2, 0) is 4.79 Å². The standard InChI is InChI=1S/C15H30N2O/c1-4-5-6-7-8-9-10-15(18)14-13-16(2)11-12-17(14)3/h14H,4-13H2,1-3H3. The summed E-state index contributed by atoms with van der Waals surface area (Å²) in [6.07, 6.45) is 8.32. The zero-order valence-electron chi connectivity index (χ0n) is 12.5. The first kappa shape index (κ1) is 15.6. The average molecular weight is 254 g/mol. The fraction of sp³-hybridized carbons (Fsp3) is 0.933. The highest BCUT2D eigenvalue weighted by atomic mass is 16.1. The van der Waals surface area contributed by atoms with Crippen LogP contribution in [0.25, 0.3) is 0 Å². The van der Waals surface area contributed by atoms with Crippen molar-refractivity contribution < 1.29 is 4.79 Å². The summed E-state index contributed by atoms with van der Waals surface area (Å²) in [6.45, 7) is 5.24. The third-order valence-corrected chi connectivity index (χ3v) is 4.00. The van der Waals surface area contributed by atoms with Crippen LogP contribution < -0.4 is 0 Å². The molecule has 1 unspecified atom stereocenters. The summed E-state index contributed by atoms with van der Waals surface area (Å²) in [5, 5.41) is 0. The Morgan fingerprint density at radius 3 is 2.44 bits per heavy atom. The highest BCUT2D eigenvalue weighted by molar-refractivity contribution is 5.84. The molecule has 1 heterocycles. The zero-order chi connectivity index (χ0) is 13.4. The second-order valence-electron chi connectivity index (χ2n) is 5.74. The van der Waals surface area contributed by atoms with Crippen molar-refractivity contribution in [1.29, 1.82) is 0 Å². The lowest BCUT2D eigenvalue weighted by Crippen LogP contribution is -2.53. The van der Waals surface area contributed by atoms with Crippen molar-refractivity contribution in [3.05, 3.63) is 0 Å². The maximum absolute atomic E-state index is 12.2. The minimum Gasteiger partial charge on any atom is -0.303 e. The van der Waals surface area contributed by atoms with E-state index in [9.17, 15) is 4.79 Å². The van der Waals surface area contributed by atoms with Crippen LogP contribution in [-0.4, -0.2) is 55.4 Å². The molecule has 0 N–H and O–H groups in total. The summed E-state index contributed by atoms with van der Waals surface area (Å²) in [7, 11) is 4.19. The van der Waals surface area contributed by atoms with Crippen LogP contribution >= 0.6 is 0 Å². The Kier molecular flexibility index (Phi) is 7.52. The topological polar surface area (TPSA) is 23.6 Å². The van der Waals surface area contributed by atoms with Gasteiger partial charge in [-0.15, -0.1) is 0 Å². The summed E-state index contributed by atoms with van der Waals surface area (Å²) >= 11 is 0. The van der Waals surface area contributed by atoms with Gasteiger partial charge < -0.3 is 4.90 Å². The lowest BCUT2D eigenvalue weighted by Gasteiger charge is -2.36. The number of hydrogen-bond donors (Lipinski definition) is 0. The number of ketones is 1. The molecule has 1 atom stereocenters. The van der Waals surface area contributed by atoms with Gasteiger partial charge in [-0.2, -0.15) is 0 Å². The molecule has 1 fully saturated rings. The van der Waals surface area contributed by atoms with E-state index in [0.29, 0.717) is 5.78 Å². The van der Waals surface area contributed by atoms with Gasteiger partial charge in [-0.25, -0.2) is 0 Å². The fourth-order valence-corrected chi connectivity index (χ4v) is 2.60. The summed E-state index contributed by atoms with van der Waals surface area (Å²) in [5.41, 5.74) is 0. The summed E-state index contributed by atoms with van der Waals surface area (Å²) in [4.78, 5) is 16.7. The first-order valence-electron chi connectivity index (χ1n) is 7.56. The van der Waals surface area contributed by atoms with E-state index < -0.39 is 0 Å². The molecule has 106 valence electrons. The third kappa shape index (κ3) is 5.49. The number of unbranched alkanes of at least 4 members (excludes halogenated alkanes) is 5. The Bertz CT molecular complexity index is 243. The van der Waals surface area contributed by atoms with E-state index >= 15 is 0 Å². The highest BCUT2D eigenvalue weighted by Gasteiger charge is 2.27. The Balaban J connectivity index is 2.15. The van der Waals surface area contributed by atoms with E-state index in [0.717, 1.165) is 32.5 Å². The monoisotopic (exact) mass is 254 g/mol. The van der Waals surface area contributed by atoms with Crippen LogP contribution in [0.5, 0.6) is 0 Å². The van der Waals surface area contributed by atoms with E-state index in [1.807, 2.05) is 0 Å². The Hall–Kier alpha value is -0.410. The predicted octanol–water partition coefficient (Wildman–Crippen LogP) is 2.55. The van der Waals surface area contributed by atoms with Crippen molar-refractivity contribution in [3.8, 4) is 0 Å². The van der Waals surface area contributed by atoms with Gasteiger partial charge in [0.1, 0.15) is 0 Å². The van der Waals surface area contributed by atoms with Crippen molar-refractivity contribution in [2.75, 3.05) is 33.7 Å². The molecule has 0 aromatic rings. The quantitative estimate of drug-likeness (QED) is 0.622. The second kappa shape index (κ2) is 8.65. The smallest absolute Gasteiger partial charge is 0.151 e. The van der Waals surface area contributed by atoms with Gasteiger partial charge in [0.05, 0.1) is 6.04 Å². The van der Waals surface area contributed by atoms with Gasteiger partial charge in [-0.3, -0.25) is 9.69 Å². The summed E-state index contributed by atoms with van der Waals surface area (Å²) < 4.78 is 0. The molecule has 18 heavy (non-hydrogen) atoms. The van der Waals surface area contributed by atoms with Crippen molar-refractivity contribution in [2.45, 2.75) is 57.9 Å². The molecule has 0 aliphatic carbocycles. The molecule has 0 aromatic carbocycles. The minimum absolute atomic E-state index is 0.138. The Labute approximate surface area is 113 Å². The number of piperazine rings is 1. The van der Waals surface area contributed by atoms with E-state index in [1.54, 1.807) is 0 Å². The van der Waals surface area contributed by atoms with Crippen LogP contribution in [0.3, 0.4) is 0 Å². The van der Waals surface area contributed by atoms with Crippen LogP contribution in [0, 0.1) is 0 Å². The summed E-state index contributed by atoms with van der Waals surface area (Å²) in [5.74, 6) is 0.444. The third-order valence-electron chi connectivity index (χ3n) is 4.00. The predicted molar refractivity (Wildman–Crippen MR) is 76.9 cm³/mol. The number of nitrogens with zero attached hydrogens (tertiary/aromatic N) is 2. The number of carbonyl (C=O) groups is 1. The number of likely N-dealkylation sites (N-methyl/N-ethyl adjacent to an activating group) is 2. The molecule has 3 heteroatoms. The molecule has 3 nitrogen and oxygen atoms in total. The van der Waals surface area contributed by atoms with Crippen LogP contribution in [0.1, 0.15) is 51.9 Å². The molecule has 0 radical (unpaired) electrons. The molecule has 1 aliphatic heterocycles. The molecule has 0 spiro atoms. The van der Waals surface area contributed by atoms with Crippen LogP contribution in [0.4, 0.5) is 0 Å². The van der Waals surface area contributed by atoms with Gasteiger partial charge in [0.2, 0.25) is 0 Å². The average Bonchev–Trinajstić information content (AvgIpc) is 2.36. The minimum atomic E-state index is 0.138. The van der Waals surface area contributed by atoms with Gasteiger partial charge in [-0.1, -0.05) is 39.0 Å². The van der Waals surface area contributed by atoms with Crippen molar-refractivity contribution in [2.24, 2.45) is 0 Å². The van der Waals surface area contributed by atoms with Crippen LogP contribution in [0.15, 0.2) is 0 Å². The lowest BCUT2D eigenvalue weighted by atomic mass is 10.0. The zero-order valence-corrected chi connectivity index (χ0v) is 12.5. The maximum Gasteiger partial charge on any atom is 0.151 e.